The minimum atomic E-state index is -4.46. The second-order valence-electron chi connectivity index (χ2n) is 20.4. The molecule has 0 radical (unpaired) electrons. The van der Waals surface area contributed by atoms with Crippen LogP contribution in [-0.4, -0.2) is 18.4 Å². The molecule has 0 bridgehead atoms. The Labute approximate surface area is 482 Å². The zero-order chi connectivity index (χ0) is 54.5. The van der Waals surface area contributed by atoms with E-state index in [0.29, 0.717) is 0 Å². The molecule has 0 saturated carbocycles. The van der Waals surface area contributed by atoms with E-state index in [9.17, 15) is 0 Å². The molecular formula is C80H60Sn. The van der Waals surface area contributed by atoms with Gasteiger partial charge in [-0.3, -0.25) is 0 Å². The Morgan fingerprint density at radius 3 is 0.481 bits per heavy atom. The van der Waals surface area contributed by atoms with E-state index in [1.165, 1.54) is 81.1 Å². The maximum absolute atomic E-state index is 4.46. The van der Waals surface area contributed by atoms with Crippen molar-refractivity contribution in [2.45, 2.75) is 0 Å². The zero-order valence-electron chi connectivity index (χ0n) is 45.1. The molecule has 0 aliphatic rings. The third-order valence-electron chi connectivity index (χ3n) is 15.3. The van der Waals surface area contributed by atoms with E-state index >= 15 is 0 Å². The molecule has 0 amide bonds. The molecule has 0 aliphatic carbocycles. The Kier molecular flexibility index (Phi) is 16.1. The van der Waals surface area contributed by atoms with Crippen LogP contribution in [0.3, 0.4) is 0 Å². The Bertz CT molecular complexity index is 3520. The number of hydrogen-bond acceptors (Lipinski definition) is 0. The van der Waals surface area contributed by atoms with Crippen molar-refractivity contribution in [1.82, 2.24) is 0 Å². The van der Waals surface area contributed by atoms with E-state index in [4.69, 9.17) is 0 Å². The van der Waals surface area contributed by atoms with E-state index < -0.39 is 18.4 Å². The van der Waals surface area contributed by atoms with Gasteiger partial charge in [-0.1, -0.05) is 0 Å². The monoisotopic (exact) mass is 1140 g/mol. The molecule has 384 valence electrons. The first-order chi connectivity index (χ1) is 40.2. The van der Waals surface area contributed by atoms with Gasteiger partial charge in [0.25, 0.3) is 0 Å². The van der Waals surface area contributed by atoms with Gasteiger partial charge in [-0.2, -0.15) is 0 Å². The zero-order valence-corrected chi connectivity index (χ0v) is 48.0. The summed E-state index contributed by atoms with van der Waals surface area (Å²) in [5.41, 5.74) is 18.8. The van der Waals surface area contributed by atoms with Crippen LogP contribution in [0.5, 0.6) is 0 Å². The topological polar surface area (TPSA) is 0 Å². The average Bonchev–Trinajstić information content (AvgIpc) is 3.57. The van der Waals surface area contributed by atoms with Crippen molar-refractivity contribution in [2.24, 2.45) is 0 Å². The van der Waals surface area contributed by atoms with Crippen LogP contribution in [0.4, 0.5) is 0 Å². The molecule has 0 aliphatic heterocycles. The molecule has 12 aromatic carbocycles. The van der Waals surface area contributed by atoms with E-state index in [1.54, 1.807) is 0 Å². The first-order valence-electron chi connectivity index (χ1n) is 27.9. The third-order valence-corrected chi connectivity index (χ3v) is 29.0. The van der Waals surface area contributed by atoms with Crippen molar-refractivity contribution >= 4 is 79.3 Å². The van der Waals surface area contributed by atoms with Crippen molar-refractivity contribution in [3.8, 4) is 0 Å². The molecular weight excluding hydrogens is 1080 g/mol. The SMILES string of the molecule is C(=C(\c1ccccc1)c1cc[c]([Sn]([c]2ccc(/C(=C\c3ccccc3)c3ccccc3)cc2)([c]2ccc(/C(=C\c3ccccc3)c3ccccc3)cc2)[c]2ccc(/C(=C\c3ccccc3)c3ccccc3)cc2)cc1)/c1ccccc1. The molecule has 12 aromatic rings. The van der Waals surface area contributed by atoms with Gasteiger partial charge in [-0.15, -0.1) is 0 Å². The fourth-order valence-electron chi connectivity index (χ4n) is 11.3. The van der Waals surface area contributed by atoms with Gasteiger partial charge in [-0.25, -0.2) is 0 Å². The van der Waals surface area contributed by atoms with Crippen molar-refractivity contribution < 1.29 is 0 Å². The van der Waals surface area contributed by atoms with E-state index in [-0.39, 0.29) is 0 Å². The van der Waals surface area contributed by atoms with E-state index in [2.05, 4.69) is 364 Å². The molecule has 81 heavy (non-hydrogen) atoms. The van der Waals surface area contributed by atoms with Gasteiger partial charge in [0.2, 0.25) is 0 Å². The summed E-state index contributed by atoms with van der Waals surface area (Å²) < 4.78 is 5.45. The van der Waals surface area contributed by atoms with E-state index in [0.717, 1.165) is 22.3 Å². The fourth-order valence-corrected chi connectivity index (χ4v) is 24.6. The molecule has 0 fully saturated rings. The molecule has 0 aromatic heterocycles. The van der Waals surface area contributed by atoms with Gasteiger partial charge in [0.05, 0.1) is 0 Å². The summed E-state index contributed by atoms with van der Waals surface area (Å²) in [5, 5.41) is 0. The molecule has 0 heterocycles. The van der Waals surface area contributed by atoms with Crippen LogP contribution < -0.4 is 14.3 Å². The molecule has 0 saturated heterocycles. The molecule has 0 nitrogen and oxygen atoms in total. The molecule has 0 atom stereocenters. The number of rotatable bonds is 16. The van der Waals surface area contributed by atoms with Crippen molar-refractivity contribution in [3.05, 3.63) is 406 Å². The molecule has 12 rings (SSSR count). The third kappa shape index (κ3) is 11.9. The van der Waals surface area contributed by atoms with Crippen LogP contribution in [0.15, 0.2) is 340 Å². The predicted molar refractivity (Wildman–Crippen MR) is 349 cm³/mol. The van der Waals surface area contributed by atoms with E-state index in [1.807, 2.05) is 0 Å². The van der Waals surface area contributed by atoms with Gasteiger partial charge in [0.1, 0.15) is 0 Å². The standard InChI is InChI=1S/4C20H15.Sn/c4*1-4-10-17(11-5-1)16-20(18-12-6-2-7-13-18)19-14-8-3-9-15-19;/h4*1-2,4-16H;/b4*20-16-;. The van der Waals surface area contributed by atoms with Crippen LogP contribution >= 0.6 is 0 Å². The van der Waals surface area contributed by atoms with Crippen molar-refractivity contribution in [2.75, 3.05) is 0 Å². The molecule has 0 unspecified atom stereocenters. The quantitative estimate of drug-likeness (QED) is 0.0668. The van der Waals surface area contributed by atoms with Crippen LogP contribution in [0.1, 0.15) is 66.8 Å². The first-order valence-corrected chi connectivity index (χ1v) is 33.6. The summed E-state index contributed by atoms with van der Waals surface area (Å²) in [7, 11) is 0. The van der Waals surface area contributed by atoms with Gasteiger partial charge >= 0.3 is 486 Å². The second-order valence-corrected chi connectivity index (χ2v) is 31.3. The van der Waals surface area contributed by atoms with Gasteiger partial charge in [-0.05, 0) is 0 Å². The second kappa shape index (κ2) is 25.0. The minimum absolute atomic E-state index is 1.16. The summed E-state index contributed by atoms with van der Waals surface area (Å²) >= 11 is -4.46. The Hall–Kier alpha value is -9.60. The summed E-state index contributed by atoms with van der Waals surface area (Å²) in [6.07, 6.45) is 9.30. The molecule has 0 spiro atoms. The van der Waals surface area contributed by atoms with Crippen LogP contribution in [-0.2, 0) is 0 Å². The Balaban J connectivity index is 1.09. The Morgan fingerprint density at radius 1 is 0.160 bits per heavy atom. The van der Waals surface area contributed by atoms with Crippen LogP contribution in [0.2, 0.25) is 0 Å². The number of hydrogen-bond donors (Lipinski definition) is 0. The number of benzene rings is 12. The molecule has 0 N–H and O–H groups in total. The average molecular weight is 1140 g/mol. The van der Waals surface area contributed by atoms with Gasteiger partial charge in [0.15, 0.2) is 0 Å². The summed E-state index contributed by atoms with van der Waals surface area (Å²) in [5.74, 6) is 0. The summed E-state index contributed by atoms with van der Waals surface area (Å²) in [6.45, 7) is 0. The van der Waals surface area contributed by atoms with Crippen molar-refractivity contribution in [3.63, 3.8) is 0 Å². The van der Waals surface area contributed by atoms with Crippen LogP contribution in [0.25, 0.3) is 46.6 Å². The maximum atomic E-state index is 2.46. The fraction of sp³-hybridized carbons (Fsp3) is 0. The molecule has 1 heteroatoms. The normalized spacial score (nSPS) is 12.2. The summed E-state index contributed by atoms with van der Waals surface area (Å²) in [6, 6.07) is 125. The van der Waals surface area contributed by atoms with Crippen LogP contribution in [0, 0.1) is 0 Å². The first kappa shape index (κ1) is 52.1. The summed E-state index contributed by atoms with van der Waals surface area (Å²) in [4.78, 5) is 0. The van der Waals surface area contributed by atoms with Crippen molar-refractivity contribution in [1.29, 1.82) is 0 Å². The van der Waals surface area contributed by atoms with Gasteiger partial charge < -0.3 is 0 Å². The predicted octanol–water partition coefficient (Wildman–Crippen LogP) is 17.4. The Morgan fingerprint density at radius 2 is 0.309 bits per heavy atom. The van der Waals surface area contributed by atoms with Gasteiger partial charge in [0, 0.05) is 0 Å².